The Kier molecular flexibility index (Phi) is 10.6. The summed E-state index contributed by atoms with van der Waals surface area (Å²) in [6, 6.07) is 0. The van der Waals surface area contributed by atoms with Gasteiger partial charge >= 0.3 is 0 Å². The zero-order valence-electron chi connectivity index (χ0n) is 13.9. The first-order valence-electron chi connectivity index (χ1n) is 9.13. The number of hydrogen-bond acceptors (Lipinski definition) is 0. The van der Waals surface area contributed by atoms with Crippen LogP contribution >= 0.6 is 7.92 Å². The minimum atomic E-state index is 0. The first-order valence-corrected chi connectivity index (χ1v) is 10.9. The molecule has 0 heterocycles. The Morgan fingerprint density at radius 2 is 0.952 bits per heavy atom. The monoisotopic (exact) mass is 400 g/mol. The quantitative estimate of drug-likeness (QED) is 0.291. The fourth-order valence-corrected chi connectivity index (χ4v) is 10.0. The van der Waals surface area contributed by atoms with Crippen molar-refractivity contribution in [2.45, 2.75) is 101 Å². The summed E-state index contributed by atoms with van der Waals surface area (Å²) in [5, 5.41) is 0. The average molecular weight is 401 g/mol. The van der Waals surface area contributed by atoms with Crippen LogP contribution in [0.2, 0.25) is 0 Å². The zero-order chi connectivity index (χ0) is 14.2. The van der Waals surface area contributed by atoms with E-state index in [9.17, 15) is 0 Å². The molecule has 0 aromatic carbocycles. The molecule has 126 valence electrons. The van der Waals surface area contributed by atoms with Crippen LogP contribution in [0.25, 0.3) is 0 Å². The maximum Gasteiger partial charge on any atom is 0.0680 e. The summed E-state index contributed by atoms with van der Waals surface area (Å²) in [6.45, 7) is 5.36. The summed E-state index contributed by atoms with van der Waals surface area (Å²) in [5.41, 5.74) is 3.74. The van der Waals surface area contributed by atoms with Gasteiger partial charge in [0.05, 0.1) is 17.0 Å². The van der Waals surface area contributed by atoms with Gasteiger partial charge in [0.15, 0.2) is 0 Å². The molecule has 0 amide bonds. The number of hydrogen-bond donors (Lipinski definition) is 0. The van der Waals surface area contributed by atoms with Gasteiger partial charge in [-0.3, -0.25) is 0 Å². The van der Waals surface area contributed by atoms with Crippen LogP contribution < -0.4 is 0 Å². The molecule has 0 saturated heterocycles. The van der Waals surface area contributed by atoms with Crippen molar-refractivity contribution < 1.29 is 20.4 Å². The van der Waals surface area contributed by atoms with E-state index < -0.39 is 0 Å². The van der Waals surface area contributed by atoms with Gasteiger partial charge in [-0.15, -0.1) is 6.92 Å². The van der Waals surface area contributed by atoms with E-state index in [4.69, 9.17) is 0 Å². The summed E-state index contributed by atoms with van der Waals surface area (Å²) in [6.07, 6.45) is 22.8. The minimum absolute atomic E-state index is 0. The predicted molar refractivity (Wildman–Crippen MR) is 95.3 cm³/mol. The SMILES string of the molecule is C1CCC([PH+](C2CCCC2)C2CCCC2)C1.[CH2-]/C=C/C.[Pd]. The molecule has 0 unspecified atom stereocenters. The van der Waals surface area contributed by atoms with E-state index in [1.54, 1.807) is 83.1 Å². The van der Waals surface area contributed by atoms with Crippen molar-refractivity contribution in [3.05, 3.63) is 19.1 Å². The number of allylic oxidation sites excluding steroid dienone is 2. The van der Waals surface area contributed by atoms with Crippen molar-refractivity contribution in [1.29, 1.82) is 0 Å². The Morgan fingerprint density at radius 3 is 1.14 bits per heavy atom. The number of rotatable bonds is 3. The Morgan fingerprint density at radius 1 is 0.714 bits per heavy atom. The minimum Gasteiger partial charge on any atom is -0.245 e. The zero-order valence-corrected chi connectivity index (χ0v) is 16.4. The Balaban J connectivity index is 0.000000397. The van der Waals surface area contributed by atoms with Gasteiger partial charge in [0.2, 0.25) is 0 Å². The maximum absolute atomic E-state index is 3.42. The van der Waals surface area contributed by atoms with Gasteiger partial charge in [-0.1, -0.05) is 0 Å². The van der Waals surface area contributed by atoms with E-state index in [0.29, 0.717) is 0 Å². The van der Waals surface area contributed by atoms with Gasteiger partial charge in [0.1, 0.15) is 0 Å². The molecule has 3 rings (SSSR count). The molecule has 0 radical (unpaired) electrons. The van der Waals surface area contributed by atoms with Crippen LogP contribution in [-0.4, -0.2) is 17.0 Å². The molecule has 3 aliphatic rings. The van der Waals surface area contributed by atoms with Crippen LogP contribution in [-0.2, 0) is 20.4 Å². The summed E-state index contributed by atoms with van der Waals surface area (Å²) >= 11 is 0. The van der Waals surface area contributed by atoms with Crippen molar-refractivity contribution in [1.82, 2.24) is 0 Å². The maximum atomic E-state index is 3.42. The van der Waals surface area contributed by atoms with E-state index in [-0.39, 0.29) is 28.3 Å². The van der Waals surface area contributed by atoms with Crippen molar-refractivity contribution in [2.24, 2.45) is 0 Å². The summed E-state index contributed by atoms with van der Waals surface area (Å²) in [5.74, 6) is 0. The van der Waals surface area contributed by atoms with E-state index in [0.717, 1.165) is 0 Å². The molecule has 0 aromatic heterocycles. The molecule has 0 aliphatic heterocycles. The second-order valence-corrected chi connectivity index (χ2v) is 10.5. The average Bonchev–Trinajstić information content (AvgIpc) is 3.23. The smallest absolute Gasteiger partial charge is 0.0680 e. The van der Waals surface area contributed by atoms with Crippen LogP contribution in [0, 0.1) is 6.92 Å². The molecule has 3 fully saturated rings. The molecular formula is C19H35PPd. The Bertz CT molecular complexity index is 229. The van der Waals surface area contributed by atoms with Gasteiger partial charge in [-0.2, -0.15) is 0 Å². The largest absolute Gasteiger partial charge is 0.245 e. The molecule has 0 spiro atoms. The van der Waals surface area contributed by atoms with E-state index in [2.05, 4.69) is 6.92 Å². The fraction of sp³-hybridized carbons (Fsp3) is 0.842. The molecule has 0 nitrogen and oxygen atoms in total. The van der Waals surface area contributed by atoms with Crippen LogP contribution in [0.5, 0.6) is 0 Å². The Hall–Kier alpha value is 0.702. The molecule has 2 heteroatoms. The molecule has 0 atom stereocenters. The normalized spacial score (nSPS) is 24.5. The van der Waals surface area contributed by atoms with Crippen LogP contribution in [0.3, 0.4) is 0 Å². The van der Waals surface area contributed by atoms with E-state index in [1.807, 2.05) is 13.0 Å². The first-order chi connectivity index (χ1) is 9.86. The van der Waals surface area contributed by atoms with Crippen molar-refractivity contribution in [3.63, 3.8) is 0 Å². The van der Waals surface area contributed by atoms with E-state index >= 15 is 0 Å². The van der Waals surface area contributed by atoms with Crippen molar-refractivity contribution >= 4 is 7.92 Å². The van der Waals surface area contributed by atoms with Crippen LogP contribution in [0.1, 0.15) is 84.0 Å². The second kappa shape index (κ2) is 11.3. The van der Waals surface area contributed by atoms with Gasteiger partial charge in [0.25, 0.3) is 0 Å². The van der Waals surface area contributed by atoms with Gasteiger partial charge in [0, 0.05) is 28.3 Å². The molecule has 0 aromatic rings. The third-order valence-electron chi connectivity index (χ3n) is 5.72. The molecular weight excluding hydrogens is 366 g/mol. The van der Waals surface area contributed by atoms with Gasteiger partial charge in [-0.25, -0.2) is 19.1 Å². The first kappa shape index (κ1) is 19.7. The summed E-state index contributed by atoms with van der Waals surface area (Å²) in [4.78, 5) is 0. The van der Waals surface area contributed by atoms with Crippen LogP contribution in [0.4, 0.5) is 0 Å². The van der Waals surface area contributed by atoms with Crippen molar-refractivity contribution in [2.75, 3.05) is 0 Å². The van der Waals surface area contributed by atoms with Crippen LogP contribution in [0.15, 0.2) is 12.2 Å². The molecule has 3 aliphatic carbocycles. The van der Waals surface area contributed by atoms with Crippen molar-refractivity contribution in [3.8, 4) is 0 Å². The predicted octanol–water partition coefficient (Wildman–Crippen LogP) is 6.42. The molecule has 0 bridgehead atoms. The standard InChI is InChI=1S/C15H27P.C4H7.Pd/c1-2-8-13(7-1)16(14-9-3-4-10-14)15-11-5-6-12-15;1-3-4-2;/h13-15H,1-12H2;3-4H,1H2,2H3;/q;-1;/p+1/b;4-3+;. The third kappa shape index (κ3) is 6.01. The fourth-order valence-electron chi connectivity index (χ4n) is 4.78. The Labute approximate surface area is 148 Å². The summed E-state index contributed by atoms with van der Waals surface area (Å²) < 4.78 is 0. The topological polar surface area (TPSA) is 0 Å². The third-order valence-corrected chi connectivity index (χ3v) is 10.3. The van der Waals surface area contributed by atoms with Gasteiger partial charge < -0.3 is 0 Å². The van der Waals surface area contributed by atoms with Gasteiger partial charge in [-0.05, 0) is 77.0 Å². The second-order valence-electron chi connectivity index (χ2n) is 7.01. The molecule has 0 N–H and O–H groups in total. The summed E-state index contributed by atoms with van der Waals surface area (Å²) in [7, 11) is 0.0224. The molecule has 21 heavy (non-hydrogen) atoms. The van der Waals surface area contributed by atoms with E-state index in [1.165, 1.54) is 17.0 Å². The molecule has 3 saturated carbocycles.